The van der Waals surface area contributed by atoms with E-state index in [1.165, 1.54) is 17.7 Å². The second kappa shape index (κ2) is 6.55. The van der Waals surface area contributed by atoms with Crippen molar-refractivity contribution >= 4 is 0 Å². The first-order valence-electron chi connectivity index (χ1n) is 6.24. The molecule has 0 N–H and O–H groups in total. The van der Waals surface area contributed by atoms with Crippen LogP contribution in [0.5, 0.6) is 0 Å². The van der Waals surface area contributed by atoms with Gasteiger partial charge in [0, 0.05) is 11.4 Å². The topological polar surface area (TPSA) is 12.9 Å². The van der Waals surface area contributed by atoms with Crippen LogP contribution in [-0.2, 0) is 6.18 Å². The summed E-state index contributed by atoms with van der Waals surface area (Å²) in [5, 5.41) is 0. The number of hydrogen-bond donors (Lipinski definition) is 0. The molecule has 0 saturated carbocycles. The Morgan fingerprint density at radius 1 is 0.750 bits per heavy atom. The van der Waals surface area contributed by atoms with Crippen LogP contribution in [0.2, 0.25) is 0 Å². The van der Waals surface area contributed by atoms with Gasteiger partial charge in [0.15, 0.2) is 0 Å². The largest absolute Gasteiger partial charge is 0.416 e. The predicted octanol–water partition coefficient (Wildman–Crippen LogP) is 5.02. The number of hydrogen-bond acceptors (Lipinski definition) is 1. The van der Waals surface area contributed by atoms with Crippen molar-refractivity contribution in [3.05, 3.63) is 64.5 Å². The third kappa shape index (κ3) is 5.43. The third-order valence-corrected chi connectivity index (χ3v) is 2.60. The van der Waals surface area contributed by atoms with Crippen molar-refractivity contribution in [2.75, 3.05) is 0 Å². The lowest BCUT2D eigenvalue weighted by Crippen LogP contribution is -2.03. The fourth-order valence-corrected chi connectivity index (χ4v) is 1.79. The van der Waals surface area contributed by atoms with E-state index in [0.717, 1.165) is 29.1 Å². The normalized spacial score (nSPS) is 10.8. The van der Waals surface area contributed by atoms with Crippen LogP contribution in [0, 0.1) is 27.7 Å². The molecule has 20 heavy (non-hydrogen) atoms. The average Bonchev–Trinajstić information content (AvgIpc) is 2.26. The first-order chi connectivity index (χ1) is 9.18. The number of alkyl halides is 3. The Balaban J connectivity index is 0.000000204. The highest BCUT2D eigenvalue weighted by molar-refractivity contribution is 5.23. The van der Waals surface area contributed by atoms with Crippen LogP contribution in [0.3, 0.4) is 0 Å². The van der Waals surface area contributed by atoms with Crippen LogP contribution in [0.4, 0.5) is 13.2 Å². The minimum Gasteiger partial charge on any atom is -0.258 e. The molecule has 108 valence electrons. The van der Waals surface area contributed by atoms with Crippen molar-refractivity contribution in [1.29, 1.82) is 0 Å². The molecule has 0 aliphatic rings. The Hall–Kier alpha value is -1.84. The van der Waals surface area contributed by atoms with Crippen LogP contribution in [0.15, 0.2) is 36.4 Å². The molecule has 0 aliphatic heterocycles. The van der Waals surface area contributed by atoms with Crippen LogP contribution < -0.4 is 0 Å². The molecule has 2 rings (SSSR count). The van der Waals surface area contributed by atoms with Gasteiger partial charge in [-0.15, -0.1) is 0 Å². The maximum atomic E-state index is 11.9. The molecule has 2 aromatic rings. The molecule has 1 nitrogen and oxygen atoms in total. The molecule has 0 unspecified atom stereocenters. The average molecular weight is 281 g/mol. The molecule has 0 amide bonds. The Labute approximate surface area is 117 Å². The van der Waals surface area contributed by atoms with E-state index in [4.69, 9.17) is 0 Å². The second-order valence-corrected chi connectivity index (χ2v) is 4.79. The summed E-state index contributed by atoms with van der Waals surface area (Å²) in [6, 6.07) is 9.20. The zero-order valence-electron chi connectivity index (χ0n) is 12.0. The Morgan fingerprint density at radius 2 is 1.20 bits per heavy atom. The summed E-state index contributed by atoms with van der Waals surface area (Å²) in [7, 11) is 0. The van der Waals surface area contributed by atoms with Gasteiger partial charge in [0.05, 0.1) is 5.56 Å². The van der Waals surface area contributed by atoms with E-state index < -0.39 is 11.7 Å². The van der Waals surface area contributed by atoms with E-state index in [1.54, 1.807) is 6.92 Å². The molecule has 4 heteroatoms. The Kier molecular flexibility index (Phi) is 5.31. The molecule has 0 bridgehead atoms. The summed E-state index contributed by atoms with van der Waals surface area (Å²) in [5.41, 5.74) is 3.74. The standard InChI is InChI=1S/C8H7F3.C8H11N/c1-6-2-4-7(5-3-6)8(9,10)11;1-6-4-7(2)9-8(3)5-6/h2-5H,1H3;4-5H,1-3H3. The molecule has 0 aliphatic carbocycles. The molecule has 1 aromatic heterocycles. The van der Waals surface area contributed by atoms with Crippen molar-refractivity contribution in [1.82, 2.24) is 4.98 Å². The summed E-state index contributed by atoms with van der Waals surface area (Å²) in [5.74, 6) is 0. The fraction of sp³-hybridized carbons (Fsp3) is 0.312. The predicted molar refractivity (Wildman–Crippen MR) is 74.6 cm³/mol. The number of rotatable bonds is 0. The summed E-state index contributed by atoms with van der Waals surface area (Å²) in [6.07, 6.45) is -4.21. The summed E-state index contributed by atoms with van der Waals surface area (Å²) in [4.78, 5) is 4.23. The van der Waals surface area contributed by atoms with Gasteiger partial charge in [-0.05, 0) is 57.5 Å². The van der Waals surface area contributed by atoms with E-state index in [-0.39, 0.29) is 0 Å². The number of pyridine rings is 1. The Morgan fingerprint density at radius 3 is 1.55 bits per heavy atom. The van der Waals surface area contributed by atoms with Gasteiger partial charge in [0.2, 0.25) is 0 Å². The van der Waals surface area contributed by atoms with Gasteiger partial charge in [-0.2, -0.15) is 13.2 Å². The molecule has 0 fully saturated rings. The molecule has 1 heterocycles. The van der Waals surface area contributed by atoms with Gasteiger partial charge in [-0.3, -0.25) is 4.98 Å². The number of benzene rings is 1. The van der Waals surface area contributed by atoms with Gasteiger partial charge < -0.3 is 0 Å². The zero-order chi connectivity index (χ0) is 15.3. The highest BCUT2D eigenvalue weighted by Gasteiger charge is 2.29. The number of nitrogens with zero attached hydrogens (tertiary/aromatic N) is 1. The number of halogens is 3. The van der Waals surface area contributed by atoms with Crippen molar-refractivity contribution in [3.63, 3.8) is 0 Å². The molecule has 1 aromatic carbocycles. The minimum absolute atomic E-state index is 0.594. The molecular formula is C16H18F3N. The fourth-order valence-electron chi connectivity index (χ4n) is 1.79. The summed E-state index contributed by atoms with van der Waals surface area (Å²) in [6.45, 7) is 7.86. The maximum Gasteiger partial charge on any atom is 0.416 e. The third-order valence-electron chi connectivity index (χ3n) is 2.60. The van der Waals surface area contributed by atoms with Gasteiger partial charge >= 0.3 is 6.18 Å². The highest BCUT2D eigenvalue weighted by Crippen LogP contribution is 2.28. The van der Waals surface area contributed by atoms with E-state index in [2.05, 4.69) is 24.0 Å². The van der Waals surface area contributed by atoms with Crippen LogP contribution in [-0.4, -0.2) is 4.98 Å². The molecule has 0 atom stereocenters. The first kappa shape index (κ1) is 16.2. The number of aryl methyl sites for hydroxylation is 4. The van der Waals surface area contributed by atoms with Gasteiger partial charge in [-0.25, -0.2) is 0 Å². The van der Waals surface area contributed by atoms with E-state index >= 15 is 0 Å². The van der Waals surface area contributed by atoms with Gasteiger partial charge in [-0.1, -0.05) is 17.7 Å². The lowest BCUT2D eigenvalue weighted by Gasteiger charge is -2.05. The van der Waals surface area contributed by atoms with Crippen LogP contribution >= 0.6 is 0 Å². The highest BCUT2D eigenvalue weighted by atomic mass is 19.4. The number of aromatic nitrogens is 1. The SMILES string of the molecule is Cc1cc(C)nc(C)c1.Cc1ccc(C(F)(F)F)cc1. The summed E-state index contributed by atoms with van der Waals surface area (Å²) >= 11 is 0. The monoisotopic (exact) mass is 281 g/mol. The summed E-state index contributed by atoms with van der Waals surface area (Å²) < 4.78 is 35.8. The van der Waals surface area contributed by atoms with Crippen molar-refractivity contribution in [2.45, 2.75) is 33.9 Å². The van der Waals surface area contributed by atoms with Crippen molar-refractivity contribution < 1.29 is 13.2 Å². The molecule has 0 spiro atoms. The smallest absolute Gasteiger partial charge is 0.258 e. The van der Waals surface area contributed by atoms with E-state index in [9.17, 15) is 13.2 Å². The van der Waals surface area contributed by atoms with Crippen LogP contribution in [0.25, 0.3) is 0 Å². The molecule has 0 saturated heterocycles. The van der Waals surface area contributed by atoms with E-state index in [0.29, 0.717) is 0 Å². The molecular weight excluding hydrogens is 263 g/mol. The van der Waals surface area contributed by atoms with Gasteiger partial charge in [0.25, 0.3) is 0 Å². The zero-order valence-corrected chi connectivity index (χ0v) is 12.0. The van der Waals surface area contributed by atoms with Crippen LogP contribution in [0.1, 0.15) is 28.1 Å². The van der Waals surface area contributed by atoms with Crippen molar-refractivity contribution in [3.8, 4) is 0 Å². The maximum absolute atomic E-state index is 11.9. The van der Waals surface area contributed by atoms with Gasteiger partial charge in [0.1, 0.15) is 0 Å². The second-order valence-electron chi connectivity index (χ2n) is 4.79. The van der Waals surface area contributed by atoms with E-state index in [1.807, 2.05) is 13.8 Å². The lowest BCUT2D eigenvalue weighted by molar-refractivity contribution is -0.137. The Bertz CT molecular complexity index is 506. The lowest BCUT2D eigenvalue weighted by atomic mass is 10.1. The molecule has 0 radical (unpaired) electrons. The quantitative estimate of drug-likeness (QED) is 0.660. The van der Waals surface area contributed by atoms with Crippen molar-refractivity contribution in [2.24, 2.45) is 0 Å². The minimum atomic E-state index is -4.21. The first-order valence-corrected chi connectivity index (χ1v) is 6.24.